The van der Waals surface area contributed by atoms with Gasteiger partial charge in [-0.2, -0.15) is 0 Å². The molecule has 0 aromatic heterocycles. The average Bonchev–Trinajstić information content (AvgIpc) is 0.733. The van der Waals surface area contributed by atoms with E-state index in [-0.39, 0.29) is 46.2 Å². The zero-order chi connectivity index (χ0) is 78.0. The molecule has 0 aliphatic carbocycles. The normalized spacial score (nSPS) is 42.5. The topological polar surface area (TPSA) is 473 Å². The van der Waals surface area contributed by atoms with Crippen LogP contribution < -0.4 is 0 Å². The Morgan fingerprint density at radius 3 is 0.762 bits per heavy atom. The van der Waals surface area contributed by atoms with Gasteiger partial charge in [-0.05, 0) is 107 Å². The Balaban J connectivity index is 1.58. The Labute approximate surface area is 595 Å². The predicted octanol–water partition coefficient (Wildman–Crippen LogP) is 0.0580. The van der Waals surface area contributed by atoms with E-state index in [1.54, 1.807) is 55.4 Å². The maximum absolute atomic E-state index is 14.6. The van der Waals surface area contributed by atoms with E-state index in [2.05, 4.69) is 0 Å². The van der Waals surface area contributed by atoms with Crippen LogP contribution in [0.5, 0.6) is 0 Å². The summed E-state index contributed by atoms with van der Waals surface area (Å²) in [6.07, 6.45) is -9.32. The summed E-state index contributed by atoms with van der Waals surface area (Å²) in [5.74, 6) is -16.1. The number of carboxylic acids is 1. The van der Waals surface area contributed by atoms with Gasteiger partial charge in [0.15, 0.2) is 22.4 Å². The van der Waals surface area contributed by atoms with Crippen molar-refractivity contribution in [2.24, 2.45) is 71.0 Å². The van der Waals surface area contributed by atoms with Crippen molar-refractivity contribution in [3.63, 3.8) is 0 Å². The van der Waals surface area contributed by atoms with Gasteiger partial charge >= 0.3 is 23.9 Å². The van der Waals surface area contributed by atoms with Crippen LogP contribution in [-0.4, -0.2) is 303 Å². The molecular weight excluding hydrogens is 1330 g/mol. The number of carbonyl (C=O) groups excluding carboxylic acids is 3. The fraction of sp³-hybridized carbons (Fsp3) is 0.944. The molecule has 4 fully saturated rings. The van der Waals surface area contributed by atoms with Gasteiger partial charge in [-0.15, -0.1) is 0 Å². The maximum atomic E-state index is 14.6. The van der Waals surface area contributed by atoms with E-state index >= 15 is 0 Å². The minimum Gasteiger partial charge on any atom is -0.479 e. The van der Waals surface area contributed by atoms with Gasteiger partial charge in [0.1, 0.15) is 60.5 Å². The molecule has 0 aromatic rings. The molecule has 4 aliphatic rings. The lowest BCUT2D eigenvalue weighted by Crippen LogP contribution is -2.76. The first-order chi connectivity index (χ1) is 46.0. The standard InChI is InChI=1S/C71H128O30/c1-23-37(2)48-61(11,57(80)95-34-45(75)24-72)100-54(70(20,89)64(48,14)83)43(8)32-92-28-38(3)49-60(10,56(78)79)98-53(69(19,88)65(49,15)84)42(7)31-93-29-40(5)51-63(13,59(82)97-36-47(77)26-74)101-55(71(21,90)67(51,17)86)44(9)33-94-30-39(4)50-62(12,58(81)96-35-46(76)25-73)99-52(41(6)27-91-22)68(18,87)66(50,16)85/h37-55,72-77,83-90H,23-36H2,1-22H3,(H,78,79)/t37?,38?,39?,40?,41?,42?,43?,44?,45?,46?,47?,48-,49-,50-,51-,52-,53-,54-,55-,60?,61?,62?,63?,64?,65?,66?,67?,68?,69?,70?,71?/m0/s1. The van der Waals surface area contributed by atoms with Gasteiger partial charge in [-0.1, -0.05) is 68.7 Å². The molecule has 0 spiro atoms. The van der Waals surface area contributed by atoms with Crippen molar-refractivity contribution < 1.29 is 148 Å². The first-order valence-corrected chi connectivity index (χ1v) is 35.4. The van der Waals surface area contributed by atoms with Gasteiger partial charge in [-0.25, -0.2) is 19.2 Å². The maximum Gasteiger partial charge on any atom is 0.338 e. The third-order valence-electron chi connectivity index (χ3n) is 23.8. The Kier molecular flexibility index (Phi) is 30.1. The molecule has 0 bridgehead atoms. The van der Waals surface area contributed by atoms with E-state index in [9.17, 15) is 95.8 Å². The quantitative estimate of drug-likeness (QED) is 0.0291. The second-order valence-electron chi connectivity index (χ2n) is 32.6. The van der Waals surface area contributed by atoms with Gasteiger partial charge in [-0.3, -0.25) is 0 Å². The number of hydrogen-bond acceptors (Lipinski definition) is 29. The van der Waals surface area contributed by atoms with Crippen molar-refractivity contribution in [2.75, 3.05) is 93.0 Å². The van der Waals surface area contributed by atoms with Crippen LogP contribution in [0.2, 0.25) is 0 Å². The fourth-order valence-electron chi connectivity index (χ4n) is 17.7. The molecule has 0 amide bonds. The van der Waals surface area contributed by atoms with Gasteiger partial charge in [0, 0.05) is 74.3 Å². The summed E-state index contributed by atoms with van der Waals surface area (Å²) < 4.78 is 66.6. The Morgan fingerprint density at radius 2 is 0.545 bits per heavy atom. The number of aliphatic hydroxyl groups excluding tert-OH is 6. The van der Waals surface area contributed by atoms with E-state index in [1.807, 2.05) is 6.92 Å². The molecule has 4 rings (SSSR count). The van der Waals surface area contributed by atoms with Crippen LogP contribution in [0.25, 0.3) is 0 Å². The van der Waals surface area contributed by atoms with E-state index in [0.717, 1.165) is 0 Å². The number of aliphatic hydroxyl groups is 14. The summed E-state index contributed by atoms with van der Waals surface area (Å²) in [4.78, 5) is 56.1. The fourth-order valence-corrected chi connectivity index (χ4v) is 17.7. The lowest BCUT2D eigenvalue weighted by Gasteiger charge is -2.61. The molecule has 15 N–H and O–H groups in total. The lowest BCUT2D eigenvalue weighted by atomic mass is 9.58. The van der Waals surface area contributed by atoms with Gasteiger partial charge in [0.05, 0.1) is 93.1 Å². The molecule has 4 heterocycles. The van der Waals surface area contributed by atoms with Gasteiger partial charge in [0.25, 0.3) is 0 Å². The van der Waals surface area contributed by atoms with Crippen LogP contribution in [0, 0.1) is 71.0 Å². The molecular formula is C71H128O30. The molecule has 4 saturated heterocycles. The summed E-state index contributed by atoms with van der Waals surface area (Å²) >= 11 is 0. The van der Waals surface area contributed by atoms with Crippen LogP contribution in [0.1, 0.15) is 152 Å². The van der Waals surface area contributed by atoms with Crippen molar-refractivity contribution in [3.05, 3.63) is 0 Å². The number of carboxylic acid groups (broad SMARTS) is 1. The predicted molar refractivity (Wildman–Crippen MR) is 360 cm³/mol. The SMILES string of the molecule is CCC(C)[C@H]1C(C)(C(=O)OCC(O)CO)O[C@@H](C(C)COCC(C)[C@H]2C(C)(C(=O)O)O[C@@H](C(C)COCC(C)[C@H]3C(C)(C(=O)OCC(O)CO)O[C@@H](C(C)COCC(C)[C@H]4C(C)(C(=O)OCC(O)CO)O[C@@H](C(C)COC)C(C)(O)C4(C)O)C(C)(O)C3(C)O)C(C)(O)C2(C)O)C(C)(O)C1(C)O. The second-order valence-corrected chi connectivity index (χ2v) is 32.6. The minimum atomic E-state index is -2.29. The highest BCUT2D eigenvalue weighted by Gasteiger charge is 2.73. The third kappa shape index (κ3) is 17.3. The molecule has 0 radical (unpaired) electrons. The Morgan fingerprint density at radius 1 is 0.337 bits per heavy atom. The van der Waals surface area contributed by atoms with Crippen LogP contribution in [-0.2, 0) is 71.3 Å². The largest absolute Gasteiger partial charge is 0.479 e. The average molecular weight is 1460 g/mol. The van der Waals surface area contributed by atoms with E-state index in [0.29, 0.717) is 6.42 Å². The number of esters is 3. The van der Waals surface area contributed by atoms with Crippen molar-refractivity contribution in [2.45, 2.75) is 262 Å². The van der Waals surface area contributed by atoms with Crippen molar-refractivity contribution in [1.82, 2.24) is 0 Å². The molecule has 0 aromatic carbocycles. The molecule has 0 saturated carbocycles. The number of rotatable bonds is 36. The summed E-state index contributed by atoms with van der Waals surface area (Å²) in [6.45, 7) is 25.5. The van der Waals surface area contributed by atoms with Crippen LogP contribution in [0.3, 0.4) is 0 Å². The highest BCUT2D eigenvalue weighted by molar-refractivity contribution is 5.82. The number of hydrogen-bond donors (Lipinski definition) is 15. The van der Waals surface area contributed by atoms with Crippen LogP contribution in [0.4, 0.5) is 0 Å². The van der Waals surface area contributed by atoms with Crippen molar-refractivity contribution in [3.8, 4) is 0 Å². The zero-order valence-electron chi connectivity index (χ0n) is 63.7. The number of carbonyl (C=O) groups is 4. The van der Waals surface area contributed by atoms with E-state index < -0.39 is 244 Å². The molecule has 31 atom stereocenters. The smallest absolute Gasteiger partial charge is 0.338 e. The second kappa shape index (κ2) is 33.6. The zero-order valence-corrected chi connectivity index (χ0v) is 63.7. The summed E-state index contributed by atoms with van der Waals surface area (Å²) in [7, 11) is 1.44. The summed E-state index contributed by atoms with van der Waals surface area (Å²) in [5.41, 5.74) is -25.5. The Bertz CT molecular complexity index is 2700. The molecule has 101 heavy (non-hydrogen) atoms. The van der Waals surface area contributed by atoms with Crippen molar-refractivity contribution in [1.29, 1.82) is 0 Å². The van der Waals surface area contributed by atoms with Gasteiger partial charge in [0.2, 0.25) is 0 Å². The monoisotopic (exact) mass is 1460 g/mol. The molecule has 30 nitrogen and oxygen atoms in total. The highest BCUT2D eigenvalue weighted by Crippen LogP contribution is 2.57. The summed E-state index contributed by atoms with van der Waals surface area (Å²) in [6, 6.07) is 0. The first-order valence-electron chi connectivity index (χ1n) is 35.4. The van der Waals surface area contributed by atoms with Crippen molar-refractivity contribution >= 4 is 23.9 Å². The third-order valence-corrected chi connectivity index (χ3v) is 23.8. The Hall–Kier alpha value is -3.00. The first kappa shape index (κ1) is 90.4. The number of aliphatic carboxylic acids is 1. The molecule has 23 unspecified atom stereocenters. The number of ether oxygens (including phenoxy) is 11. The minimum absolute atomic E-state index is 0.0601. The molecule has 30 heteroatoms. The van der Waals surface area contributed by atoms with E-state index in [4.69, 9.17) is 52.1 Å². The number of methoxy groups -OCH3 is 1. The molecule has 4 aliphatic heterocycles. The molecule has 592 valence electrons. The summed E-state index contributed by atoms with van der Waals surface area (Å²) in [5, 5.41) is 170. The highest BCUT2D eigenvalue weighted by atomic mass is 16.6. The van der Waals surface area contributed by atoms with E-state index in [1.165, 1.54) is 90.2 Å². The lowest BCUT2D eigenvalue weighted by molar-refractivity contribution is -0.338. The van der Waals surface area contributed by atoms with Crippen LogP contribution in [0.15, 0.2) is 0 Å². The van der Waals surface area contributed by atoms with Crippen LogP contribution >= 0.6 is 0 Å². The van der Waals surface area contributed by atoms with Gasteiger partial charge < -0.3 is 129 Å².